The molecule has 1 amide bonds. The minimum absolute atomic E-state index is 0.109. The van der Waals surface area contributed by atoms with E-state index in [1.54, 1.807) is 0 Å². The average molecular weight is 401 g/mol. The molecule has 0 aliphatic heterocycles. The quantitative estimate of drug-likeness (QED) is 0.543. The summed E-state index contributed by atoms with van der Waals surface area (Å²) in [6.45, 7) is 4.25. The number of fused-ring (bicyclic) bond motifs is 1. The van der Waals surface area contributed by atoms with Crippen molar-refractivity contribution in [1.82, 2.24) is 0 Å². The lowest BCUT2D eigenvalue weighted by Gasteiger charge is -2.23. The fourth-order valence-corrected chi connectivity index (χ4v) is 5.20. The van der Waals surface area contributed by atoms with Crippen molar-refractivity contribution in [2.24, 2.45) is 5.92 Å². The second-order valence-electron chi connectivity index (χ2n) is 6.66. The molecule has 1 aliphatic rings. The second kappa shape index (κ2) is 8.34. The van der Waals surface area contributed by atoms with Crippen LogP contribution in [0.25, 0.3) is 0 Å². The van der Waals surface area contributed by atoms with Gasteiger partial charge in [0.1, 0.15) is 11.1 Å². The number of hydrogen-bond donors (Lipinski definition) is 1. The molecule has 3 nitrogen and oxygen atoms in total. The summed E-state index contributed by atoms with van der Waals surface area (Å²) >= 11 is 8.38. The molecule has 2 aromatic rings. The van der Waals surface area contributed by atoms with Gasteiger partial charge in [-0.05, 0) is 55.4 Å². The van der Waals surface area contributed by atoms with Gasteiger partial charge in [-0.3, -0.25) is 4.79 Å². The lowest BCUT2D eigenvalue weighted by molar-refractivity contribution is -0.113. The summed E-state index contributed by atoms with van der Waals surface area (Å²) < 4.78 is 0.798. The Morgan fingerprint density at radius 3 is 2.81 bits per heavy atom. The second-order valence-corrected chi connectivity index (χ2v) is 9.40. The third-order valence-electron chi connectivity index (χ3n) is 4.53. The SMILES string of the molecule is Cc1ccc(SCC(=O)Nc2sc(=S)c3c(c2C#N)CCC(C)C3)cc1. The van der Waals surface area contributed by atoms with Crippen molar-refractivity contribution in [2.45, 2.75) is 38.0 Å². The molecule has 0 radical (unpaired) electrons. The van der Waals surface area contributed by atoms with Gasteiger partial charge >= 0.3 is 0 Å². The zero-order valence-electron chi connectivity index (χ0n) is 14.8. The van der Waals surface area contributed by atoms with E-state index < -0.39 is 0 Å². The van der Waals surface area contributed by atoms with Crippen LogP contribution in [-0.2, 0) is 17.6 Å². The minimum atomic E-state index is -0.109. The molecule has 1 aromatic carbocycles. The molecule has 6 heteroatoms. The molecule has 1 unspecified atom stereocenters. The number of carbonyl (C=O) groups excluding carboxylic acids is 1. The van der Waals surface area contributed by atoms with Crippen LogP contribution >= 0.6 is 35.3 Å². The third kappa shape index (κ3) is 4.35. The van der Waals surface area contributed by atoms with Crippen LogP contribution in [0.2, 0.25) is 0 Å². The number of rotatable bonds is 4. The van der Waals surface area contributed by atoms with Crippen molar-refractivity contribution in [3.05, 3.63) is 50.3 Å². The van der Waals surface area contributed by atoms with Gasteiger partial charge in [-0.25, -0.2) is 0 Å². The van der Waals surface area contributed by atoms with E-state index in [0.29, 0.717) is 22.2 Å². The zero-order chi connectivity index (χ0) is 18.7. The van der Waals surface area contributed by atoms with Crippen molar-refractivity contribution in [3.63, 3.8) is 0 Å². The first-order valence-corrected chi connectivity index (χ1v) is 10.8. The molecule has 1 atom stereocenters. The molecular weight excluding hydrogens is 380 g/mol. The van der Waals surface area contributed by atoms with Gasteiger partial charge < -0.3 is 5.32 Å². The Kier molecular flexibility index (Phi) is 6.13. The molecule has 3 rings (SSSR count). The maximum absolute atomic E-state index is 12.4. The molecule has 0 saturated heterocycles. The van der Waals surface area contributed by atoms with Gasteiger partial charge in [0.25, 0.3) is 0 Å². The minimum Gasteiger partial charge on any atom is -0.316 e. The molecule has 0 spiro atoms. The monoisotopic (exact) mass is 400 g/mol. The molecule has 134 valence electrons. The number of nitrogens with one attached hydrogen (secondary N) is 1. The zero-order valence-corrected chi connectivity index (χ0v) is 17.2. The van der Waals surface area contributed by atoms with Gasteiger partial charge in [-0.1, -0.05) is 36.8 Å². The number of benzene rings is 1. The van der Waals surface area contributed by atoms with E-state index in [2.05, 4.69) is 18.3 Å². The van der Waals surface area contributed by atoms with E-state index >= 15 is 0 Å². The summed E-state index contributed by atoms with van der Waals surface area (Å²) in [4.78, 5) is 13.4. The van der Waals surface area contributed by atoms with E-state index in [-0.39, 0.29) is 5.91 Å². The average Bonchev–Trinajstić information content (AvgIpc) is 2.62. The largest absolute Gasteiger partial charge is 0.316 e. The topological polar surface area (TPSA) is 52.9 Å². The predicted molar refractivity (Wildman–Crippen MR) is 112 cm³/mol. The van der Waals surface area contributed by atoms with Crippen molar-refractivity contribution in [1.29, 1.82) is 5.26 Å². The highest BCUT2D eigenvalue weighted by Crippen LogP contribution is 2.36. The van der Waals surface area contributed by atoms with Gasteiger partial charge in [0.2, 0.25) is 5.91 Å². The highest BCUT2D eigenvalue weighted by Gasteiger charge is 2.23. The van der Waals surface area contributed by atoms with E-state index in [1.165, 1.54) is 28.7 Å². The summed E-state index contributed by atoms with van der Waals surface area (Å²) in [5.74, 6) is 0.790. The smallest absolute Gasteiger partial charge is 0.235 e. The standard InChI is InChI=1S/C20H20N2OS3/c1-12-3-6-14(7-4-12)25-11-18(23)22-19-17(10-21)15-8-5-13(2)9-16(15)20(24)26-19/h3-4,6-7,13H,5,8-9,11H2,1-2H3,(H,22,23). The van der Waals surface area contributed by atoms with Crippen LogP contribution in [-0.4, -0.2) is 11.7 Å². The maximum Gasteiger partial charge on any atom is 0.235 e. The number of thioether (sulfide) groups is 1. The van der Waals surface area contributed by atoms with Crippen molar-refractivity contribution in [3.8, 4) is 6.07 Å². The molecule has 0 saturated carbocycles. The Hall–Kier alpha value is -1.68. The molecule has 0 fully saturated rings. The van der Waals surface area contributed by atoms with Crippen molar-refractivity contribution >= 4 is 46.2 Å². The van der Waals surface area contributed by atoms with E-state index in [0.717, 1.165) is 39.1 Å². The Morgan fingerprint density at radius 1 is 1.38 bits per heavy atom. The number of carbonyl (C=O) groups is 1. The first kappa shape index (κ1) is 19.1. The highest BCUT2D eigenvalue weighted by atomic mass is 32.2. The third-order valence-corrected chi connectivity index (χ3v) is 6.98. The van der Waals surface area contributed by atoms with Crippen molar-refractivity contribution < 1.29 is 4.79 Å². The lowest BCUT2D eigenvalue weighted by Crippen LogP contribution is -2.17. The first-order chi connectivity index (χ1) is 12.5. The number of nitriles is 1. The Balaban J connectivity index is 1.76. The fourth-order valence-electron chi connectivity index (χ4n) is 3.09. The lowest BCUT2D eigenvalue weighted by atomic mass is 9.85. The van der Waals surface area contributed by atoms with Crippen LogP contribution in [0.5, 0.6) is 0 Å². The summed E-state index contributed by atoms with van der Waals surface area (Å²) in [5, 5.41) is 13.2. The number of aryl methyl sites for hydroxylation is 1. The number of hydrogen-bond acceptors (Lipinski definition) is 5. The Labute approximate surface area is 167 Å². The summed E-state index contributed by atoms with van der Waals surface area (Å²) in [6, 6.07) is 10.4. The van der Waals surface area contributed by atoms with Gasteiger partial charge in [-0.2, -0.15) is 5.26 Å². The van der Waals surface area contributed by atoms with Crippen LogP contribution < -0.4 is 5.32 Å². The molecule has 1 heterocycles. The Morgan fingerprint density at radius 2 is 2.12 bits per heavy atom. The Bertz CT molecular complexity index is 926. The van der Waals surface area contributed by atoms with Gasteiger partial charge in [0, 0.05) is 4.90 Å². The van der Waals surface area contributed by atoms with E-state index in [4.69, 9.17) is 12.2 Å². The normalized spacial score (nSPS) is 15.8. The summed E-state index contributed by atoms with van der Waals surface area (Å²) in [5.41, 5.74) is 3.96. The summed E-state index contributed by atoms with van der Waals surface area (Å²) in [7, 11) is 0. The van der Waals surface area contributed by atoms with E-state index in [1.807, 2.05) is 31.2 Å². The first-order valence-electron chi connectivity index (χ1n) is 8.56. The predicted octanol–water partition coefficient (Wildman–Crippen LogP) is 5.51. The molecule has 1 N–H and O–H groups in total. The molecule has 0 bridgehead atoms. The van der Waals surface area contributed by atoms with Gasteiger partial charge in [0.05, 0.1) is 15.1 Å². The van der Waals surface area contributed by atoms with Crippen LogP contribution in [0, 0.1) is 28.0 Å². The van der Waals surface area contributed by atoms with Crippen molar-refractivity contribution in [2.75, 3.05) is 11.1 Å². The van der Waals surface area contributed by atoms with Crippen LogP contribution in [0.4, 0.5) is 5.00 Å². The van der Waals surface area contributed by atoms with E-state index in [9.17, 15) is 10.1 Å². The molecule has 1 aliphatic carbocycles. The highest BCUT2D eigenvalue weighted by molar-refractivity contribution is 8.00. The maximum atomic E-state index is 12.4. The van der Waals surface area contributed by atoms with Crippen LogP contribution in [0.15, 0.2) is 29.2 Å². The summed E-state index contributed by atoms with van der Waals surface area (Å²) in [6.07, 6.45) is 2.84. The van der Waals surface area contributed by atoms with Crippen LogP contribution in [0.1, 0.15) is 35.6 Å². The molecule has 26 heavy (non-hydrogen) atoms. The van der Waals surface area contributed by atoms with Gasteiger partial charge in [-0.15, -0.1) is 23.1 Å². The van der Waals surface area contributed by atoms with Crippen LogP contribution in [0.3, 0.4) is 0 Å². The number of nitrogens with zero attached hydrogens (tertiary/aromatic N) is 1. The molecular formula is C20H20N2OS3. The fraction of sp³-hybridized carbons (Fsp3) is 0.350. The number of amides is 1. The number of anilines is 1. The molecule has 1 aromatic heterocycles. The van der Waals surface area contributed by atoms with Gasteiger partial charge in [0.15, 0.2) is 0 Å².